The molecule has 0 saturated carbocycles. The van der Waals surface area contributed by atoms with E-state index >= 15 is 0 Å². The van der Waals surface area contributed by atoms with Crippen LogP contribution in [-0.2, 0) is 0 Å². The molecule has 3 aliphatic rings. The molecule has 100 valence electrons. The predicted molar refractivity (Wildman–Crippen MR) is 71.9 cm³/mol. The van der Waals surface area contributed by atoms with Crippen molar-refractivity contribution in [1.29, 1.82) is 0 Å². The number of fused-ring (bicyclic) bond motifs is 1. The van der Waals surface area contributed by atoms with Crippen LogP contribution in [-0.4, -0.2) is 49.0 Å². The van der Waals surface area contributed by atoms with Gasteiger partial charge in [0.05, 0.1) is 11.8 Å². The standard InChI is InChI=1S/C14H17N3O2/c1-16-5-7-17(8-6-16)15-14(18)13-10-19-9-11-3-2-4-12(11)13/h2-4,9-10H,5-8H2,1H3,(H,15,18). The molecule has 1 amide bonds. The van der Waals surface area contributed by atoms with E-state index < -0.39 is 0 Å². The smallest absolute Gasteiger partial charge is 0.269 e. The van der Waals surface area contributed by atoms with Gasteiger partial charge in [0, 0.05) is 37.3 Å². The van der Waals surface area contributed by atoms with Crippen molar-refractivity contribution in [3.05, 3.63) is 36.3 Å². The van der Waals surface area contributed by atoms with Gasteiger partial charge >= 0.3 is 0 Å². The summed E-state index contributed by atoms with van der Waals surface area (Å²) in [7, 11) is 2.09. The van der Waals surface area contributed by atoms with Gasteiger partial charge in [-0.3, -0.25) is 10.2 Å². The van der Waals surface area contributed by atoms with Gasteiger partial charge in [0.25, 0.3) is 5.91 Å². The molecule has 19 heavy (non-hydrogen) atoms. The van der Waals surface area contributed by atoms with Gasteiger partial charge in [-0.2, -0.15) is 0 Å². The second-order valence-electron chi connectivity index (χ2n) is 4.91. The zero-order valence-corrected chi connectivity index (χ0v) is 10.9. The molecule has 0 radical (unpaired) electrons. The van der Waals surface area contributed by atoms with Crippen molar-refractivity contribution in [2.24, 2.45) is 0 Å². The monoisotopic (exact) mass is 259 g/mol. The van der Waals surface area contributed by atoms with Crippen molar-refractivity contribution in [3.63, 3.8) is 0 Å². The number of amides is 1. The summed E-state index contributed by atoms with van der Waals surface area (Å²) < 4.78 is 5.22. The second kappa shape index (κ2) is 5.03. The summed E-state index contributed by atoms with van der Waals surface area (Å²) in [6.45, 7) is 3.61. The van der Waals surface area contributed by atoms with Crippen molar-refractivity contribution in [1.82, 2.24) is 15.3 Å². The molecule has 1 fully saturated rings. The fourth-order valence-corrected chi connectivity index (χ4v) is 2.32. The van der Waals surface area contributed by atoms with Crippen LogP contribution in [0.5, 0.6) is 0 Å². The number of hydrogen-bond donors (Lipinski definition) is 1. The first-order chi connectivity index (χ1) is 9.24. The van der Waals surface area contributed by atoms with Crippen LogP contribution < -0.4 is 5.43 Å². The van der Waals surface area contributed by atoms with E-state index in [1.807, 2.05) is 23.2 Å². The van der Waals surface area contributed by atoms with E-state index in [0.29, 0.717) is 5.56 Å². The summed E-state index contributed by atoms with van der Waals surface area (Å²) in [5, 5.41) is 1.96. The average molecular weight is 259 g/mol. The highest BCUT2D eigenvalue weighted by Gasteiger charge is 2.20. The number of nitrogens with one attached hydrogen (secondary N) is 1. The normalized spacial score (nSPS) is 17.7. The first-order valence-electron chi connectivity index (χ1n) is 6.43. The summed E-state index contributed by atoms with van der Waals surface area (Å²) in [6, 6.07) is 5.79. The molecule has 1 N–H and O–H groups in total. The molecule has 3 rings (SSSR count). The van der Waals surface area contributed by atoms with E-state index in [4.69, 9.17) is 4.42 Å². The zero-order valence-electron chi connectivity index (χ0n) is 10.9. The lowest BCUT2D eigenvalue weighted by molar-refractivity contribution is 0.0661. The van der Waals surface area contributed by atoms with Gasteiger partial charge in [-0.25, -0.2) is 5.01 Å². The van der Waals surface area contributed by atoms with Gasteiger partial charge in [-0.15, -0.1) is 0 Å². The quantitative estimate of drug-likeness (QED) is 0.882. The Labute approximate surface area is 112 Å². The van der Waals surface area contributed by atoms with Gasteiger partial charge in [-0.05, 0) is 7.05 Å². The summed E-state index contributed by atoms with van der Waals surface area (Å²) in [5.41, 5.74) is 5.41. The van der Waals surface area contributed by atoms with Crippen LogP contribution >= 0.6 is 0 Å². The van der Waals surface area contributed by atoms with Gasteiger partial charge < -0.3 is 9.32 Å². The molecule has 0 unspecified atom stereocenters. The van der Waals surface area contributed by atoms with Crippen molar-refractivity contribution in [2.75, 3.05) is 33.2 Å². The van der Waals surface area contributed by atoms with Gasteiger partial charge in [-0.1, -0.05) is 18.2 Å². The van der Waals surface area contributed by atoms with E-state index in [2.05, 4.69) is 17.4 Å². The molecule has 1 aliphatic carbocycles. The Morgan fingerprint density at radius 3 is 2.79 bits per heavy atom. The van der Waals surface area contributed by atoms with E-state index in [-0.39, 0.29) is 5.91 Å². The molecular formula is C14H17N3O2. The number of hydrogen-bond acceptors (Lipinski definition) is 4. The van der Waals surface area contributed by atoms with Crippen molar-refractivity contribution < 1.29 is 9.21 Å². The Morgan fingerprint density at radius 2 is 2.00 bits per heavy atom. The fourth-order valence-electron chi connectivity index (χ4n) is 2.32. The zero-order chi connectivity index (χ0) is 13.2. The van der Waals surface area contributed by atoms with Gasteiger partial charge in [0.15, 0.2) is 0 Å². The van der Waals surface area contributed by atoms with Crippen LogP contribution in [0.2, 0.25) is 0 Å². The third-order valence-electron chi connectivity index (χ3n) is 3.53. The molecule has 0 bridgehead atoms. The Balaban J connectivity index is 1.72. The largest absolute Gasteiger partial charge is 0.471 e. The van der Waals surface area contributed by atoms with Crippen LogP contribution in [0.4, 0.5) is 0 Å². The highest BCUT2D eigenvalue weighted by atomic mass is 16.3. The summed E-state index contributed by atoms with van der Waals surface area (Å²) >= 11 is 0. The maximum atomic E-state index is 12.3. The molecule has 2 aliphatic heterocycles. The van der Waals surface area contributed by atoms with Crippen LogP contribution in [0.25, 0.3) is 11.1 Å². The highest BCUT2D eigenvalue weighted by molar-refractivity contribution is 6.00. The minimum Gasteiger partial charge on any atom is -0.471 e. The van der Waals surface area contributed by atoms with Crippen LogP contribution in [0, 0.1) is 0 Å². The maximum absolute atomic E-state index is 12.3. The van der Waals surface area contributed by atoms with Crippen LogP contribution in [0.3, 0.4) is 0 Å². The molecule has 0 spiro atoms. The van der Waals surface area contributed by atoms with Crippen molar-refractivity contribution in [2.45, 2.75) is 0 Å². The SMILES string of the molecule is CN1CCN(NC(=O)c2cocc3cccc2-3)CC1. The summed E-state index contributed by atoms with van der Waals surface area (Å²) in [5.74, 6) is -0.106. The number of rotatable bonds is 2. The third kappa shape index (κ3) is 2.47. The molecular weight excluding hydrogens is 242 g/mol. The first-order valence-corrected chi connectivity index (χ1v) is 6.43. The topological polar surface area (TPSA) is 48.7 Å². The Kier molecular flexibility index (Phi) is 3.23. The van der Waals surface area contributed by atoms with Crippen molar-refractivity contribution in [3.8, 4) is 11.1 Å². The average Bonchev–Trinajstić information content (AvgIpc) is 2.89. The molecule has 0 atom stereocenters. The molecule has 5 heteroatoms. The lowest BCUT2D eigenvalue weighted by Crippen LogP contribution is -2.52. The molecule has 1 saturated heterocycles. The molecule has 2 heterocycles. The number of nitrogens with zero attached hydrogens (tertiary/aromatic N) is 2. The molecule has 5 nitrogen and oxygen atoms in total. The summed E-state index contributed by atoms with van der Waals surface area (Å²) in [4.78, 5) is 14.5. The minimum absolute atomic E-state index is 0.106. The molecule has 0 aromatic rings. The minimum atomic E-state index is -0.106. The van der Waals surface area contributed by atoms with E-state index in [1.165, 1.54) is 6.26 Å². The van der Waals surface area contributed by atoms with Crippen LogP contribution in [0.1, 0.15) is 10.4 Å². The summed E-state index contributed by atoms with van der Waals surface area (Å²) in [6.07, 6.45) is 3.16. The molecule has 0 aromatic carbocycles. The highest BCUT2D eigenvalue weighted by Crippen LogP contribution is 2.26. The lowest BCUT2D eigenvalue weighted by atomic mass is 10.1. The Hall–Kier alpha value is -1.85. The van der Waals surface area contributed by atoms with Crippen molar-refractivity contribution >= 4 is 5.91 Å². The third-order valence-corrected chi connectivity index (χ3v) is 3.53. The predicted octanol–water partition coefficient (Wildman–Crippen LogP) is 1.28. The molecule has 0 aromatic heterocycles. The Morgan fingerprint density at radius 1 is 1.21 bits per heavy atom. The van der Waals surface area contributed by atoms with Gasteiger partial charge in [0.2, 0.25) is 0 Å². The lowest BCUT2D eigenvalue weighted by Gasteiger charge is -2.32. The van der Waals surface area contributed by atoms with E-state index in [0.717, 1.165) is 37.3 Å². The van der Waals surface area contributed by atoms with E-state index in [9.17, 15) is 4.79 Å². The van der Waals surface area contributed by atoms with Gasteiger partial charge in [0.1, 0.15) is 6.26 Å². The number of carbonyl (C=O) groups is 1. The number of hydrazine groups is 1. The number of carbonyl (C=O) groups excluding carboxylic acids is 1. The second-order valence-corrected chi connectivity index (χ2v) is 4.91. The van der Waals surface area contributed by atoms with E-state index in [1.54, 1.807) is 6.26 Å². The van der Waals surface area contributed by atoms with Crippen LogP contribution in [0.15, 0.2) is 35.1 Å². The Bertz CT molecular complexity index is 544. The number of piperazine rings is 1. The fraction of sp³-hybridized carbons (Fsp3) is 0.357. The first kappa shape index (κ1) is 12.2. The number of likely N-dealkylation sites (N-methyl/N-ethyl adjacent to an activating group) is 1. The maximum Gasteiger partial charge on any atom is 0.269 e.